The average Bonchev–Trinajstić information content (AvgIpc) is 3.12. The summed E-state index contributed by atoms with van der Waals surface area (Å²) in [6.45, 7) is 3.05. The molecular formula is C17H13F3N4O3S. The summed E-state index contributed by atoms with van der Waals surface area (Å²) in [5.41, 5.74) is -3.62. The van der Waals surface area contributed by atoms with Crippen LogP contribution in [0.15, 0.2) is 29.5 Å². The fourth-order valence-electron chi connectivity index (χ4n) is 2.83. The maximum atomic E-state index is 13.9. The van der Waals surface area contributed by atoms with E-state index in [1.807, 2.05) is 0 Å². The molecular weight excluding hydrogens is 397 g/mol. The first kappa shape index (κ1) is 19.6. The summed E-state index contributed by atoms with van der Waals surface area (Å²) in [7, 11) is 0. The fraction of sp³-hybridized carbons (Fsp3) is 0.294. The second kappa shape index (κ2) is 6.79. The van der Waals surface area contributed by atoms with Gasteiger partial charge in [0.25, 0.3) is 11.4 Å². The van der Waals surface area contributed by atoms with Crippen LogP contribution in [-0.4, -0.2) is 35.2 Å². The van der Waals surface area contributed by atoms with Crippen molar-refractivity contribution in [1.82, 2.24) is 10.3 Å². The van der Waals surface area contributed by atoms with Crippen LogP contribution < -0.4 is 10.6 Å². The van der Waals surface area contributed by atoms with Crippen LogP contribution in [0, 0.1) is 11.3 Å². The third-order valence-electron chi connectivity index (χ3n) is 4.12. The number of ether oxygens (including phenoxy) is 1. The Morgan fingerprint density at radius 1 is 1.46 bits per heavy atom. The molecule has 0 fully saturated rings. The predicted molar refractivity (Wildman–Crippen MR) is 94.4 cm³/mol. The lowest BCUT2D eigenvalue weighted by atomic mass is 9.90. The number of aromatic nitrogens is 1. The number of benzene rings is 1. The number of carbonyl (C=O) groups is 2. The molecule has 3 rings (SSSR count). The van der Waals surface area contributed by atoms with Gasteiger partial charge in [-0.05, 0) is 32.0 Å². The zero-order chi connectivity index (χ0) is 20.7. The maximum absolute atomic E-state index is 13.9. The van der Waals surface area contributed by atoms with Crippen LogP contribution in [0.25, 0.3) is 10.2 Å². The number of fused-ring (bicyclic) bond motifs is 1. The number of amides is 1. The Bertz CT molecular complexity index is 1050. The largest absolute Gasteiger partial charge is 0.462 e. The minimum Gasteiger partial charge on any atom is -0.462 e. The monoisotopic (exact) mass is 410 g/mol. The fourth-order valence-corrected chi connectivity index (χ4v) is 3.79. The van der Waals surface area contributed by atoms with E-state index >= 15 is 0 Å². The molecule has 0 saturated heterocycles. The Hall–Kier alpha value is -3.13. The summed E-state index contributed by atoms with van der Waals surface area (Å²) in [6, 6.07) is 5.81. The van der Waals surface area contributed by atoms with E-state index in [0.29, 0.717) is 10.2 Å². The van der Waals surface area contributed by atoms with Crippen molar-refractivity contribution in [2.45, 2.75) is 25.6 Å². The van der Waals surface area contributed by atoms with Gasteiger partial charge in [-0.25, -0.2) is 9.78 Å². The van der Waals surface area contributed by atoms with Gasteiger partial charge in [-0.1, -0.05) is 11.3 Å². The second-order valence-electron chi connectivity index (χ2n) is 5.86. The molecule has 0 bridgehead atoms. The number of nitrogens with zero attached hydrogens (tertiary/aromatic N) is 2. The van der Waals surface area contributed by atoms with Gasteiger partial charge >= 0.3 is 12.1 Å². The lowest BCUT2D eigenvalue weighted by molar-refractivity contribution is -0.174. The number of alkyl halides is 3. The number of esters is 1. The zero-order valence-corrected chi connectivity index (χ0v) is 15.4. The molecule has 1 aromatic carbocycles. The van der Waals surface area contributed by atoms with Crippen molar-refractivity contribution in [3.63, 3.8) is 0 Å². The molecule has 1 atom stereocenters. The number of carbonyl (C=O) groups excluding carboxylic acids is 2. The highest BCUT2D eigenvalue weighted by atomic mass is 32.1. The number of rotatable bonds is 4. The number of hydrogen-bond donors (Lipinski definition) is 2. The van der Waals surface area contributed by atoms with E-state index in [-0.39, 0.29) is 23.0 Å². The standard InChI is InChI=1S/C17H13F3N4O3S/c1-3-27-13(25)9-4-5-11-12(6-9)28-15(23-11)24-16(17(18,19)20)10(7-21)8(2)22-14(16)26/h4-6H,3H2,1-2H3,(H,22,26)(H,23,24). The first-order chi connectivity index (χ1) is 13.1. The Morgan fingerprint density at radius 2 is 2.18 bits per heavy atom. The van der Waals surface area contributed by atoms with Crippen LogP contribution in [-0.2, 0) is 9.53 Å². The molecule has 28 heavy (non-hydrogen) atoms. The van der Waals surface area contributed by atoms with Crippen molar-refractivity contribution >= 4 is 38.6 Å². The van der Waals surface area contributed by atoms with Gasteiger partial charge < -0.3 is 15.4 Å². The molecule has 1 aliphatic heterocycles. The highest BCUT2D eigenvalue weighted by molar-refractivity contribution is 7.22. The van der Waals surface area contributed by atoms with Crippen LogP contribution in [0.3, 0.4) is 0 Å². The number of nitriles is 1. The van der Waals surface area contributed by atoms with Crippen molar-refractivity contribution in [2.24, 2.45) is 0 Å². The van der Waals surface area contributed by atoms with Crippen LogP contribution in [0.4, 0.5) is 18.3 Å². The van der Waals surface area contributed by atoms with Gasteiger partial charge in [0.05, 0.1) is 34.0 Å². The van der Waals surface area contributed by atoms with Crippen molar-refractivity contribution < 1.29 is 27.5 Å². The number of nitrogens with one attached hydrogen (secondary N) is 2. The lowest BCUT2D eigenvalue weighted by Gasteiger charge is -2.30. The Kier molecular flexibility index (Phi) is 4.76. The summed E-state index contributed by atoms with van der Waals surface area (Å²) >= 11 is 0.822. The molecule has 146 valence electrons. The van der Waals surface area contributed by atoms with Gasteiger partial charge in [-0.15, -0.1) is 0 Å². The molecule has 1 amide bonds. The highest BCUT2D eigenvalue weighted by Crippen LogP contribution is 2.44. The molecule has 2 heterocycles. The summed E-state index contributed by atoms with van der Waals surface area (Å²) in [5.74, 6) is -1.97. The molecule has 11 heteroatoms. The predicted octanol–water partition coefficient (Wildman–Crippen LogP) is 3.11. The van der Waals surface area contributed by atoms with Gasteiger partial charge in [0, 0.05) is 5.70 Å². The van der Waals surface area contributed by atoms with Gasteiger partial charge in [0.1, 0.15) is 0 Å². The molecule has 1 aromatic heterocycles. The van der Waals surface area contributed by atoms with Crippen LogP contribution in [0.1, 0.15) is 24.2 Å². The molecule has 2 aromatic rings. The van der Waals surface area contributed by atoms with E-state index in [2.05, 4.69) is 15.6 Å². The van der Waals surface area contributed by atoms with E-state index in [9.17, 15) is 28.0 Å². The van der Waals surface area contributed by atoms with E-state index in [4.69, 9.17) is 4.74 Å². The lowest BCUT2D eigenvalue weighted by Crippen LogP contribution is -2.59. The van der Waals surface area contributed by atoms with E-state index in [0.717, 1.165) is 11.3 Å². The number of anilines is 1. The minimum absolute atomic E-state index is 0.178. The Balaban J connectivity index is 2.06. The molecule has 7 nitrogen and oxygen atoms in total. The van der Waals surface area contributed by atoms with Crippen molar-refractivity contribution in [2.75, 3.05) is 11.9 Å². The first-order valence-electron chi connectivity index (χ1n) is 7.99. The number of thiazole rings is 1. The van der Waals surface area contributed by atoms with Crippen LogP contribution in [0.5, 0.6) is 0 Å². The summed E-state index contributed by atoms with van der Waals surface area (Å²) in [4.78, 5) is 28.1. The molecule has 0 spiro atoms. The van der Waals surface area contributed by atoms with Crippen LogP contribution >= 0.6 is 11.3 Å². The second-order valence-corrected chi connectivity index (χ2v) is 6.89. The Morgan fingerprint density at radius 3 is 2.79 bits per heavy atom. The normalized spacial score (nSPS) is 19.5. The molecule has 0 radical (unpaired) electrons. The highest BCUT2D eigenvalue weighted by Gasteiger charge is 2.67. The topological polar surface area (TPSA) is 104 Å². The minimum atomic E-state index is -5.09. The smallest absolute Gasteiger partial charge is 0.425 e. The van der Waals surface area contributed by atoms with Gasteiger partial charge in [-0.2, -0.15) is 18.4 Å². The average molecular weight is 410 g/mol. The quantitative estimate of drug-likeness (QED) is 0.751. The number of allylic oxidation sites excluding steroid dienone is 1. The molecule has 2 N–H and O–H groups in total. The first-order valence-corrected chi connectivity index (χ1v) is 8.81. The molecule has 0 saturated carbocycles. The third kappa shape index (κ3) is 2.95. The van der Waals surface area contributed by atoms with E-state index in [1.54, 1.807) is 6.92 Å². The van der Waals surface area contributed by atoms with Gasteiger partial charge in [-0.3, -0.25) is 4.79 Å². The summed E-state index contributed by atoms with van der Waals surface area (Å²) in [5, 5.41) is 13.2. The van der Waals surface area contributed by atoms with Crippen molar-refractivity contribution in [3.8, 4) is 6.07 Å². The molecule has 0 aliphatic carbocycles. The number of hydrogen-bond acceptors (Lipinski definition) is 7. The number of halogens is 3. The summed E-state index contributed by atoms with van der Waals surface area (Å²) < 4.78 is 47.0. The van der Waals surface area contributed by atoms with Crippen LogP contribution in [0.2, 0.25) is 0 Å². The van der Waals surface area contributed by atoms with E-state index < -0.39 is 29.2 Å². The SMILES string of the molecule is CCOC(=O)c1ccc2nc(NC3(C(F)(F)F)C(=O)NC(C)=C3C#N)sc2c1. The van der Waals surface area contributed by atoms with Gasteiger partial charge in [0.2, 0.25) is 0 Å². The zero-order valence-electron chi connectivity index (χ0n) is 14.6. The van der Waals surface area contributed by atoms with Crippen molar-refractivity contribution in [3.05, 3.63) is 35.0 Å². The summed E-state index contributed by atoms with van der Waals surface area (Å²) in [6.07, 6.45) is -5.09. The van der Waals surface area contributed by atoms with Crippen molar-refractivity contribution in [1.29, 1.82) is 5.26 Å². The van der Waals surface area contributed by atoms with E-state index in [1.165, 1.54) is 31.2 Å². The third-order valence-corrected chi connectivity index (χ3v) is 5.06. The molecule has 1 unspecified atom stereocenters. The van der Waals surface area contributed by atoms with Gasteiger partial charge in [0.15, 0.2) is 5.13 Å². The maximum Gasteiger partial charge on any atom is 0.425 e. The Labute approximate surface area is 160 Å². The molecule has 1 aliphatic rings.